The fraction of sp³-hybridized carbons (Fsp3) is 0.385. The summed E-state index contributed by atoms with van der Waals surface area (Å²) in [5, 5.41) is 11.7. The van der Waals surface area contributed by atoms with Crippen molar-refractivity contribution in [2.75, 3.05) is 0 Å². The van der Waals surface area contributed by atoms with E-state index in [1.54, 1.807) is 24.3 Å². The van der Waals surface area contributed by atoms with Gasteiger partial charge in [0.05, 0.1) is 6.07 Å². The molecule has 0 aliphatic heterocycles. The number of amides is 1. The zero-order valence-corrected chi connectivity index (χ0v) is 10.1. The van der Waals surface area contributed by atoms with Crippen molar-refractivity contribution in [1.82, 2.24) is 5.32 Å². The van der Waals surface area contributed by atoms with E-state index in [2.05, 4.69) is 11.4 Å². The minimum absolute atomic E-state index is 0.462. The van der Waals surface area contributed by atoms with Gasteiger partial charge in [0.1, 0.15) is 11.3 Å². The van der Waals surface area contributed by atoms with E-state index < -0.39 is 11.6 Å². The van der Waals surface area contributed by atoms with Crippen molar-refractivity contribution in [1.29, 1.82) is 5.26 Å². The third kappa shape index (κ3) is 3.49. The van der Waals surface area contributed by atoms with E-state index in [9.17, 15) is 4.79 Å². The summed E-state index contributed by atoms with van der Waals surface area (Å²) in [4.78, 5) is 11.6. The van der Waals surface area contributed by atoms with Crippen LogP contribution in [0.15, 0.2) is 30.3 Å². The molecule has 0 aliphatic rings. The fourth-order valence-corrected chi connectivity index (χ4v) is 1.43. The number of para-hydroxylation sites is 1. The Morgan fingerprint density at radius 3 is 2.41 bits per heavy atom. The van der Waals surface area contributed by atoms with E-state index in [0.29, 0.717) is 18.6 Å². The molecule has 0 fully saturated rings. The number of carbonyl (C=O) groups is 1. The van der Waals surface area contributed by atoms with Crippen LogP contribution in [0.25, 0.3) is 0 Å². The normalized spacial score (nSPS) is 10.4. The third-order valence-electron chi connectivity index (χ3n) is 2.72. The number of carbonyl (C=O) groups excluding carboxylic acids is 1. The van der Waals surface area contributed by atoms with Crippen LogP contribution in [0.5, 0.6) is 5.75 Å². The molecular weight excluding hydrogens is 216 g/mol. The lowest BCUT2D eigenvalue weighted by Crippen LogP contribution is -2.47. The second kappa shape index (κ2) is 5.90. The van der Waals surface area contributed by atoms with Gasteiger partial charge in [0.15, 0.2) is 0 Å². The number of ether oxygens (including phenoxy) is 1. The summed E-state index contributed by atoms with van der Waals surface area (Å²) in [7, 11) is 0. The molecule has 0 saturated carbocycles. The molecule has 1 aromatic rings. The molecule has 0 radical (unpaired) electrons. The maximum Gasteiger partial charge on any atom is 0.413 e. The summed E-state index contributed by atoms with van der Waals surface area (Å²) in [5.74, 6) is 0.462. The first-order valence-corrected chi connectivity index (χ1v) is 5.62. The Kier molecular flexibility index (Phi) is 4.53. The largest absolute Gasteiger partial charge is 0.413 e. The predicted octanol–water partition coefficient (Wildman–Crippen LogP) is 2.86. The zero-order chi connectivity index (χ0) is 12.7. The monoisotopic (exact) mass is 232 g/mol. The van der Waals surface area contributed by atoms with E-state index in [0.717, 1.165) is 0 Å². The van der Waals surface area contributed by atoms with Crippen molar-refractivity contribution in [2.24, 2.45) is 0 Å². The number of nitrogens with one attached hydrogen (secondary N) is 1. The number of nitriles is 1. The van der Waals surface area contributed by atoms with Crippen LogP contribution < -0.4 is 10.1 Å². The minimum Gasteiger partial charge on any atom is -0.410 e. The van der Waals surface area contributed by atoms with Gasteiger partial charge in [-0.05, 0) is 25.0 Å². The number of benzene rings is 1. The lowest BCUT2D eigenvalue weighted by molar-refractivity contribution is 0.189. The molecule has 1 aromatic carbocycles. The summed E-state index contributed by atoms with van der Waals surface area (Å²) < 4.78 is 5.07. The smallest absolute Gasteiger partial charge is 0.410 e. The molecule has 4 heteroatoms. The van der Waals surface area contributed by atoms with E-state index in [1.807, 2.05) is 19.9 Å². The Bertz CT molecular complexity index is 405. The Labute approximate surface area is 101 Å². The van der Waals surface area contributed by atoms with E-state index in [-0.39, 0.29) is 0 Å². The molecule has 0 unspecified atom stereocenters. The fourth-order valence-electron chi connectivity index (χ4n) is 1.43. The molecule has 0 aromatic heterocycles. The van der Waals surface area contributed by atoms with Gasteiger partial charge in [-0.15, -0.1) is 0 Å². The average Bonchev–Trinajstić information content (AvgIpc) is 2.37. The van der Waals surface area contributed by atoms with E-state index >= 15 is 0 Å². The van der Waals surface area contributed by atoms with Gasteiger partial charge in [-0.1, -0.05) is 32.0 Å². The summed E-state index contributed by atoms with van der Waals surface area (Å²) in [6, 6.07) is 10.9. The van der Waals surface area contributed by atoms with Crippen LogP contribution in [-0.2, 0) is 0 Å². The Morgan fingerprint density at radius 2 is 1.94 bits per heavy atom. The SMILES string of the molecule is CCC(C#N)(CC)NC(=O)Oc1ccccc1. The molecule has 4 nitrogen and oxygen atoms in total. The standard InChI is InChI=1S/C13H16N2O2/c1-3-13(4-2,10-14)15-12(16)17-11-8-6-5-7-9-11/h5-9H,3-4H2,1-2H3,(H,15,16). The summed E-state index contributed by atoms with van der Waals surface area (Å²) >= 11 is 0. The molecule has 0 aliphatic carbocycles. The third-order valence-corrected chi connectivity index (χ3v) is 2.72. The lowest BCUT2D eigenvalue weighted by Gasteiger charge is -2.24. The van der Waals surface area contributed by atoms with Crippen LogP contribution in [0.2, 0.25) is 0 Å². The minimum atomic E-state index is -0.841. The van der Waals surface area contributed by atoms with Crippen LogP contribution in [0, 0.1) is 11.3 Å². The number of hydrogen-bond donors (Lipinski definition) is 1. The zero-order valence-electron chi connectivity index (χ0n) is 10.1. The van der Waals surface area contributed by atoms with Gasteiger partial charge in [0.25, 0.3) is 0 Å². The van der Waals surface area contributed by atoms with Gasteiger partial charge in [-0.25, -0.2) is 4.79 Å². The highest BCUT2D eigenvalue weighted by Crippen LogP contribution is 2.15. The highest BCUT2D eigenvalue weighted by Gasteiger charge is 2.28. The molecule has 0 bridgehead atoms. The molecule has 0 heterocycles. The van der Waals surface area contributed by atoms with Gasteiger partial charge in [0.2, 0.25) is 0 Å². The molecule has 1 rings (SSSR count). The van der Waals surface area contributed by atoms with Crippen LogP contribution in [-0.4, -0.2) is 11.6 Å². The Balaban J connectivity index is 2.64. The van der Waals surface area contributed by atoms with Gasteiger partial charge in [-0.2, -0.15) is 5.26 Å². The average molecular weight is 232 g/mol. The second-order valence-corrected chi connectivity index (χ2v) is 3.73. The first kappa shape index (κ1) is 13.0. The first-order valence-electron chi connectivity index (χ1n) is 5.62. The highest BCUT2D eigenvalue weighted by molar-refractivity contribution is 5.71. The van der Waals surface area contributed by atoms with Crippen molar-refractivity contribution in [2.45, 2.75) is 32.2 Å². The summed E-state index contributed by atoms with van der Waals surface area (Å²) in [6.07, 6.45) is 0.495. The van der Waals surface area contributed by atoms with Crippen molar-refractivity contribution in [3.05, 3.63) is 30.3 Å². The molecular formula is C13H16N2O2. The van der Waals surface area contributed by atoms with E-state index in [4.69, 9.17) is 10.00 Å². The number of rotatable bonds is 4. The van der Waals surface area contributed by atoms with Crippen LogP contribution in [0.1, 0.15) is 26.7 Å². The second-order valence-electron chi connectivity index (χ2n) is 3.73. The van der Waals surface area contributed by atoms with Crippen LogP contribution in [0.3, 0.4) is 0 Å². The molecule has 0 saturated heterocycles. The van der Waals surface area contributed by atoms with Crippen molar-refractivity contribution >= 4 is 6.09 Å². The quantitative estimate of drug-likeness (QED) is 0.868. The lowest BCUT2D eigenvalue weighted by atomic mass is 9.95. The molecule has 0 spiro atoms. The Morgan fingerprint density at radius 1 is 1.35 bits per heavy atom. The summed E-state index contributed by atoms with van der Waals surface area (Å²) in [5.41, 5.74) is -0.841. The molecule has 1 N–H and O–H groups in total. The maximum absolute atomic E-state index is 11.6. The maximum atomic E-state index is 11.6. The van der Waals surface area contributed by atoms with Crippen molar-refractivity contribution in [3.63, 3.8) is 0 Å². The van der Waals surface area contributed by atoms with Crippen LogP contribution in [0.4, 0.5) is 4.79 Å². The molecule has 17 heavy (non-hydrogen) atoms. The van der Waals surface area contributed by atoms with Crippen molar-refractivity contribution < 1.29 is 9.53 Å². The number of hydrogen-bond acceptors (Lipinski definition) is 3. The first-order chi connectivity index (χ1) is 8.15. The number of nitrogens with zero attached hydrogens (tertiary/aromatic N) is 1. The van der Waals surface area contributed by atoms with Gasteiger partial charge >= 0.3 is 6.09 Å². The predicted molar refractivity (Wildman–Crippen MR) is 64.5 cm³/mol. The highest BCUT2D eigenvalue weighted by atomic mass is 16.6. The van der Waals surface area contributed by atoms with Crippen molar-refractivity contribution in [3.8, 4) is 11.8 Å². The molecule has 0 atom stereocenters. The summed E-state index contributed by atoms with van der Waals surface area (Å²) in [6.45, 7) is 3.71. The van der Waals surface area contributed by atoms with Gasteiger partial charge in [0, 0.05) is 0 Å². The topological polar surface area (TPSA) is 62.1 Å². The van der Waals surface area contributed by atoms with Gasteiger partial charge in [-0.3, -0.25) is 0 Å². The Hall–Kier alpha value is -2.02. The van der Waals surface area contributed by atoms with Crippen LogP contribution >= 0.6 is 0 Å². The van der Waals surface area contributed by atoms with Gasteiger partial charge < -0.3 is 10.1 Å². The molecule has 90 valence electrons. The molecule has 1 amide bonds. The van der Waals surface area contributed by atoms with E-state index in [1.165, 1.54) is 0 Å².